The van der Waals surface area contributed by atoms with Crippen LogP contribution in [0.3, 0.4) is 0 Å². The van der Waals surface area contributed by atoms with E-state index in [0.29, 0.717) is 6.10 Å². The van der Waals surface area contributed by atoms with Crippen LogP contribution in [0.15, 0.2) is 11.8 Å². The SMILES string of the molecule is COC1CCC=C(N2CCNCC2)C1. The molecule has 1 heterocycles. The van der Waals surface area contributed by atoms with Gasteiger partial charge in [0.1, 0.15) is 0 Å². The molecule has 0 aromatic carbocycles. The van der Waals surface area contributed by atoms with E-state index in [9.17, 15) is 0 Å². The van der Waals surface area contributed by atoms with Crippen molar-refractivity contribution in [1.29, 1.82) is 0 Å². The van der Waals surface area contributed by atoms with E-state index >= 15 is 0 Å². The Hall–Kier alpha value is -0.540. The summed E-state index contributed by atoms with van der Waals surface area (Å²) in [5.74, 6) is 0. The predicted molar refractivity (Wildman–Crippen MR) is 57.2 cm³/mol. The Labute approximate surface area is 86.1 Å². The van der Waals surface area contributed by atoms with Crippen molar-refractivity contribution in [1.82, 2.24) is 10.2 Å². The summed E-state index contributed by atoms with van der Waals surface area (Å²) < 4.78 is 5.43. The van der Waals surface area contributed by atoms with Gasteiger partial charge in [0.25, 0.3) is 0 Å². The predicted octanol–water partition coefficient (Wildman–Crippen LogP) is 0.974. The molecule has 1 aliphatic carbocycles. The third-order valence-corrected chi connectivity index (χ3v) is 3.16. The van der Waals surface area contributed by atoms with Gasteiger partial charge in [-0.2, -0.15) is 0 Å². The summed E-state index contributed by atoms with van der Waals surface area (Å²) in [7, 11) is 1.82. The van der Waals surface area contributed by atoms with E-state index in [2.05, 4.69) is 16.3 Å². The summed E-state index contributed by atoms with van der Waals surface area (Å²) in [5.41, 5.74) is 1.50. The molecule has 0 saturated carbocycles. The number of rotatable bonds is 2. The zero-order chi connectivity index (χ0) is 9.80. The quantitative estimate of drug-likeness (QED) is 0.712. The van der Waals surface area contributed by atoms with E-state index in [1.54, 1.807) is 0 Å². The molecule has 14 heavy (non-hydrogen) atoms. The van der Waals surface area contributed by atoms with Gasteiger partial charge < -0.3 is 15.0 Å². The molecule has 1 saturated heterocycles. The maximum absolute atomic E-state index is 5.43. The van der Waals surface area contributed by atoms with Crippen molar-refractivity contribution in [3.8, 4) is 0 Å². The van der Waals surface area contributed by atoms with Crippen LogP contribution in [-0.2, 0) is 4.74 Å². The van der Waals surface area contributed by atoms with Crippen LogP contribution in [0.2, 0.25) is 0 Å². The van der Waals surface area contributed by atoms with E-state index < -0.39 is 0 Å². The summed E-state index contributed by atoms with van der Waals surface area (Å²) in [5, 5.41) is 3.38. The minimum absolute atomic E-state index is 0.449. The lowest BCUT2D eigenvalue weighted by Crippen LogP contribution is -2.43. The maximum atomic E-state index is 5.43. The molecule has 3 nitrogen and oxygen atoms in total. The lowest BCUT2D eigenvalue weighted by molar-refractivity contribution is 0.0826. The molecular formula is C11H20N2O. The summed E-state index contributed by atoms with van der Waals surface area (Å²) >= 11 is 0. The van der Waals surface area contributed by atoms with Gasteiger partial charge in [0.05, 0.1) is 6.10 Å². The second kappa shape index (κ2) is 4.80. The first-order chi connectivity index (χ1) is 6.90. The number of hydrogen-bond acceptors (Lipinski definition) is 3. The van der Waals surface area contributed by atoms with Gasteiger partial charge in [-0.05, 0) is 12.8 Å². The Balaban J connectivity index is 1.92. The first-order valence-corrected chi connectivity index (χ1v) is 5.57. The van der Waals surface area contributed by atoms with Gasteiger partial charge in [-0.3, -0.25) is 0 Å². The fraction of sp³-hybridized carbons (Fsp3) is 0.818. The highest BCUT2D eigenvalue weighted by molar-refractivity contribution is 5.07. The highest BCUT2D eigenvalue weighted by atomic mass is 16.5. The molecule has 0 aromatic heterocycles. The first-order valence-electron chi connectivity index (χ1n) is 5.57. The fourth-order valence-electron chi connectivity index (χ4n) is 2.27. The Morgan fingerprint density at radius 2 is 2.21 bits per heavy atom. The van der Waals surface area contributed by atoms with Gasteiger partial charge in [-0.15, -0.1) is 0 Å². The van der Waals surface area contributed by atoms with Gasteiger partial charge in [0.2, 0.25) is 0 Å². The van der Waals surface area contributed by atoms with E-state index in [0.717, 1.165) is 32.6 Å². The molecule has 1 unspecified atom stereocenters. The Kier molecular flexibility index (Phi) is 3.43. The van der Waals surface area contributed by atoms with Crippen molar-refractivity contribution in [3.05, 3.63) is 11.8 Å². The normalized spacial score (nSPS) is 28.8. The molecule has 1 N–H and O–H groups in total. The average Bonchev–Trinajstić information content (AvgIpc) is 2.30. The monoisotopic (exact) mass is 196 g/mol. The van der Waals surface area contributed by atoms with Gasteiger partial charge in [-0.25, -0.2) is 0 Å². The van der Waals surface area contributed by atoms with Crippen LogP contribution in [0.4, 0.5) is 0 Å². The van der Waals surface area contributed by atoms with Crippen molar-refractivity contribution in [3.63, 3.8) is 0 Å². The molecule has 0 radical (unpaired) electrons. The third kappa shape index (κ3) is 2.28. The van der Waals surface area contributed by atoms with E-state index in [-0.39, 0.29) is 0 Å². The van der Waals surface area contributed by atoms with Crippen molar-refractivity contribution >= 4 is 0 Å². The van der Waals surface area contributed by atoms with Gasteiger partial charge in [0, 0.05) is 45.4 Å². The molecule has 0 aromatic rings. The van der Waals surface area contributed by atoms with Crippen LogP contribution < -0.4 is 5.32 Å². The Morgan fingerprint density at radius 3 is 2.93 bits per heavy atom. The average molecular weight is 196 g/mol. The second-order valence-electron chi connectivity index (χ2n) is 4.07. The minimum Gasteiger partial charge on any atom is -0.381 e. The highest BCUT2D eigenvalue weighted by Gasteiger charge is 2.20. The van der Waals surface area contributed by atoms with Crippen molar-refractivity contribution in [2.45, 2.75) is 25.4 Å². The molecule has 1 fully saturated rings. The van der Waals surface area contributed by atoms with Crippen molar-refractivity contribution < 1.29 is 4.74 Å². The zero-order valence-electron chi connectivity index (χ0n) is 8.96. The first kappa shape index (κ1) is 9.99. The smallest absolute Gasteiger partial charge is 0.0628 e. The Morgan fingerprint density at radius 1 is 1.43 bits per heavy atom. The molecule has 2 aliphatic rings. The topological polar surface area (TPSA) is 24.5 Å². The molecular weight excluding hydrogens is 176 g/mol. The number of nitrogens with zero attached hydrogens (tertiary/aromatic N) is 1. The van der Waals surface area contributed by atoms with Crippen LogP contribution in [0.25, 0.3) is 0 Å². The standard InChI is InChI=1S/C11H20N2O/c1-14-11-4-2-3-10(9-11)13-7-5-12-6-8-13/h3,11-12H,2,4-9H2,1H3. The van der Waals surface area contributed by atoms with Gasteiger partial charge >= 0.3 is 0 Å². The molecule has 1 atom stereocenters. The van der Waals surface area contributed by atoms with E-state index in [1.165, 1.54) is 18.5 Å². The molecule has 0 amide bonds. The molecule has 3 heteroatoms. The summed E-state index contributed by atoms with van der Waals surface area (Å²) in [6.07, 6.45) is 6.31. The highest BCUT2D eigenvalue weighted by Crippen LogP contribution is 2.23. The fourth-order valence-corrected chi connectivity index (χ4v) is 2.27. The van der Waals surface area contributed by atoms with Crippen LogP contribution in [0, 0.1) is 0 Å². The number of methoxy groups -OCH3 is 1. The van der Waals surface area contributed by atoms with E-state index in [1.807, 2.05) is 7.11 Å². The zero-order valence-corrected chi connectivity index (χ0v) is 8.96. The van der Waals surface area contributed by atoms with E-state index in [4.69, 9.17) is 4.74 Å². The minimum atomic E-state index is 0.449. The second-order valence-corrected chi connectivity index (χ2v) is 4.07. The van der Waals surface area contributed by atoms with Crippen molar-refractivity contribution in [2.24, 2.45) is 0 Å². The summed E-state index contributed by atoms with van der Waals surface area (Å²) in [4.78, 5) is 2.50. The largest absolute Gasteiger partial charge is 0.381 e. The summed E-state index contributed by atoms with van der Waals surface area (Å²) in [6, 6.07) is 0. The number of hydrogen-bond donors (Lipinski definition) is 1. The van der Waals surface area contributed by atoms with Gasteiger partial charge in [-0.1, -0.05) is 6.08 Å². The molecule has 1 aliphatic heterocycles. The lowest BCUT2D eigenvalue weighted by atomic mass is 10.00. The maximum Gasteiger partial charge on any atom is 0.0628 e. The number of allylic oxidation sites excluding steroid dienone is 1. The Bertz CT molecular complexity index is 209. The van der Waals surface area contributed by atoms with Crippen molar-refractivity contribution in [2.75, 3.05) is 33.3 Å². The molecule has 0 spiro atoms. The van der Waals surface area contributed by atoms with Crippen LogP contribution in [-0.4, -0.2) is 44.3 Å². The lowest BCUT2D eigenvalue weighted by Gasteiger charge is -2.35. The number of ether oxygens (including phenoxy) is 1. The third-order valence-electron chi connectivity index (χ3n) is 3.16. The molecule has 2 rings (SSSR count). The summed E-state index contributed by atoms with van der Waals surface area (Å²) in [6.45, 7) is 4.55. The number of nitrogens with one attached hydrogen (secondary N) is 1. The molecule has 0 bridgehead atoms. The van der Waals surface area contributed by atoms with Gasteiger partial charge in [0.15, 0.2) is 0 Å². The van der Waals surface area contributed by atoms with Crippen LogP contribution in [0.1, 0.15) is 19.3 Å². The van der Waals surface area contributed by atoms with Crippen LogP contribution >= 0.6 is 0 Å². The molecule has 80 valence electrons. The van der Waals surface area contributed by atoms with Crippen LogP contribution in [0.5, 0.6) is 0 Å². The number of piperazine rings is 1.